The van der Waals surface area contributed by atoms with Crippen LogP contribution in [-0.2, 0) is 4.74 Å². The highest BCUT2D eigenvalue weighted by atomic mass is 31.2. The highest BCUT2D eigenvalue weighted by Crippen LogP contribution is 2.48. The highest BCUT2D eigenvalue weighted by molar-refractivity contribution is 7.58. The summed E-state index contributed by atoms with van der Waals surface area (Å²) in [6, 6.07) is 0. The van der Waals surface area contributed by atoms with Crippen LogP contribution in [0.1, 0.15) is 13.3 Å². The zero-order chi connectivity index (χ0) is 11.9. The van der Waals surface area contributed by atoms with Crippen LogP contribution in [0.4, 0.5) is 4.39 Å². The first-order valence-electron chi connectivity index (χ1n) is 4.45. The molecule has 4 atom stereocenters. The molecule has 15 heavy (non-hydrogen) atoms. The zero-order valence-corrected chi connectivity index (χ0v) is 9.14. The van der Waals surface area contributed by atoms with Crippen LogP contribution < -0.4 is 0 Å². The lowest BCUT2D eigenvalue weighted by atomic mass is 9.77. The van der Waals surface area contributed by atoms with Crippen LogP contribution in [0.3, 0.4) is 0 Å². The molecule has 86 valence electrons. The molecule has 0 heterocycles. The minimum Gasteiger partial charge on any atom is -0.387 e. The molecule has 0 aliphatic heterocycles. The SMILES string of the molecule is [B]C1CC(OC[P+](O)(O)O)[C@H](O)C1(C)F. The Morgan fingerprint density at radius 2 is 2.07 bits per heavy atom. The van der Waals surface area contributed by atoms with E-state index in [4.69, 9.17) is 27.3 Å². The van der Waals surface area contributed by atoms with Gasteiger partial charge in [-0.15, -0.1) is 0 Å². The average Bonchev–Trinajstić information content (AvgIpc) is 2.25. The summed E-state index contributed by atoms with van der Waals surface area (Å²) in [6.07, 6.45) is -3.02. The van der Waals surface area contributed by atoms with Crippen LogP contribution in [0.2, 0.25) is 5.82 Å². The molecule has 5 nitrogen and oxygen atoms in total. The van der Waals surface area contributed by atoms with Crippen LogP contribution in [0.5, 0.6) is 0 Å². The Labute approximate surface area is 88.9 Å². The molecular formula is C7H14BFO5P+. The number of ether oxygens (including phenoxy) is 1. The van der Waals surface area contributed by atoms with Gasteiger partial charge in [-0.2, -0.15) is 14.7 Å². The summed E-state index contributed by atoms with van der Waals surface area (Å²) in [5, 5.41) is 9.47. The van der Waals surface area contributed by atoms with Gasteiger partial charge in [0, 0.05) is 0 Å². The largest absolute Gasteiger partial charge is 0.431 e. The van der Waals surface area contributed by atoms with Gasteiger partial charge in [0.15, 0.2) is 0 Å². The molecule has 0 bridgehead atoms. The van der Waals surface area contributed by atoms with Crippen LogP contribution in [0, 0.1) is 0 Å². The fourth-order valence-electron chi connectivity index (χ4n) is 1.55. The number of alkyl halides is 1. The standard InChI is InChI=1S/C7H14BFO5P/c1-7(9)5(8)2-4(6(7)10)14-3-15(11,12)13/h4-6,10-13H,2-3H2,1H3/q+1/t4?,5?,6-,7?/m0/s1. The van der Waals surface area contributed by atoms with Gasteiger partial charge in [-0.3, -0.25) is 0 Å². The second-order valence-electron chi connectivity index (χ2n) is 3.97. The van der Waals surface area contributed by atoms with Crippen molar-refractivity contribution < 1.29 is 28.9 Å². The lowest BCUT2D eigenvalue weighted by molar-refractivity contribution is -0.0559. The third-order valence-corrected chi connectivity index (χ3v) is 3.10. The van der Waals surface area contributed by atoms with Crippen molar-refractivity contribution in [3.8, 4) is 0 Å². The van der Waals surface area contributed by atoms with Crippen LogP contribution in [-0.4, -0.2) is 51.9 Å². The van der Waals surface area contributed by atoms with E-state index >= 15 is 0 Å². The van der Waals surface area contributed by atoms with Crippen molar-refractivity contribution in [1.82, 2.24) is 0 Å². The third kappa shape index (κ3) is 3.09. The summed E-state index contributed by atoms with van der Waals surface area (Å²) >= 11 is 0. The van der Waals surface area contributed by atoms with E-state index in [-0.39, 0.29) is 6.42 Å². The minimum atomic E-state index is -4.05. The van der Waals surface area contributed by atoms with E-state index in [9.17, 15) is 9.50 Å². The first-order valence-corrected chi connectivity index (χ1v) is 6.28. The molecule has 0 aromatic heterocycles. The monoisotopic (exact) mass is 239 g/mol. The molecule has 0 saturated heterocycles. The molecule has 1 rings (SSSR count). The van der Waals surface area contributed by atoms with E-state index in [1.807, 2.05) is 0 Å². The number of hydrogen-bond donors (Lipinski definition) is 4. The lowest BCUT2D eigenvalue weighted by Gasteiger charge is -2.24. The van der Waals surface area contributed by atoms with Crippen molar-refractivity contribution in [1.29, 1.82) is 0 Å². The molecule has 1 saturated carbocycles. The molecule has 0 aromatic rings. The topological polar surface area (TPSA) is 90.2 Å². The summed E-state index contributed by atoms with van der Waals surface area (Å²) in [5.74, 6) is -0.874. The summed E-state index contributed by atoms with van der Waals surface area (Å²) in [5.41, 5.74) is -1.97. The minimum absolute atomic E-state index is 0.0637. The van der Waals surface area contributed by atoms with Crippen molar-refractivity contribution >= 4 is 15.8 Å². The van der Waals surface area contributed by atoms with Crippen molar-refractivity contribution in [3.63, 3.8) is 0 Å². The Kier molecular flexibility index (Phi) is 3.76. The van der Waals surface area contributed by atoms with Crippen molar-refractivity contribution in [2.24, 2.45) is 0 Å². The van der Waals surface area contributed by atoms with Gasteiger partial charge >= 0.3 is 7.94 Å². The normalized spacial score (nSPS) is 42.1. The first-order chi connectivity index (χ1) is 6.64. The second-order valence-corrected chi connectivity index (χ2v) is 5.61. The van der Waals surface area contributed by atoms with E-state index in [1.165, 1.54) is 0 Å². The van der Waals surface area contributed by atoms with E-state index in [2.05, 4.69) is 0 Å². The Balaban J connectivity index is 2.53. The molecular weight excluding hydrogens is 225 g/mol. The quantitative estimate of drug-likeness (QED) is 0.394. The Hall–Kier alpha value is 0.225. The van der Waals surface area contributed by atoms with E-state index in [1.54, 1.807) is 0 Å². The zero-order valence-electron chi connectivity index (χ0n) is 8.25. The molecule has 0 amide bonds. The molecule has 1 aliphatic carbocycles. The maximum absolute atomic E-state index is 13.6. The number of aliphatic hydroxyl groups excluding tert-OH is 1. The van der Waals surface area contributed by atoms with E-state index in [0.717, 1.165) is 6.92 Å². The molecule has 4 N–H and O–H groups in total. The molecule has 2 radical (unpaired) electrons. The predicted octanol–water partition coefficient (Wildman–Crippen LogP) is -0.482. The number of rotatable bonds is 3. The molecule has 0 aromatic carbocycles. The second kappa shape index (κ2) is 4.24. The Bertz CT molecular complexity index is 234. The molecule has 0 spiro atoms. The van der Waals surface area contributed by atoms with Crippen LogP contribution in [0.15, 0.2) is 0 Å². The van der Waals surface area contributed by atoms with E-state index < -0.39 is 38.0 Å². The summed E-state index contributed by atoms with van der Waals surface area (Å²) in [7, 11) is 1.39. The molecule has 8 heteroatoms. The first kappa shape index (κ1) is 13.3. The fraction of sp³-hybridized carbons (Fsp3) is 1.00. The smallest absolute Gasteiger partial charge is 0.387 e. The third-order valence-electron chi connectivity index (χ3n) is 2.60. The highest BCUT2D eigenvalue weighted by Gasteiger charge is 2.51. The number of aliphatic hydroxyl groups is 1. The van der Waals surface area contributed by atoms with Crippen LogP contribution >= 0.6 is 7.94 Å². The maximum atomic E-state index is 13.6. The summed E-state index contributed by atoms with van der Waals surface area (Å²) < 4.78 is 18.4. The van der Waals surface area contributed by atoms with Gasteiger partial charge in [-0.25, -0.2) is 4.39 Å². The van der Waals surface area contributed by atoms with Gasteiger partial charge in [0.25, 0.3) is 0 Å². The van der Waals surface area contributed by atoms with Gasteiger partial charge in [0.2, 0.25) is 6.35 Å². The summed E-state index contributed by atoms with van der Waals surface area (Å²) in [4.78, 5) is 26.0. The Morgan fingerprint density at radius 3 is 2.40 bits per heavy atom. The molecule has 1 aliphatic rings. The van der Waals surface area contributed by atoms with Crippen molar-refractivity contribution in [2.45, 2.75) is 37.0 Å². The molecule has 1 fully saturated rings. The van der Waals surface area contributed by atoms with Gasteiger partial charge in [-0.05, 0) is 19.2 Å². The molecule has 3 unspecified atom stereocenters. The number of halogens is 1. The summed E-state index contributed by atoms with van der Waals surface area (Å²) in [6.45, 7) is 1.16. The van der Waals surface area contributed by atoms with E-state index in [0.29, 0.717) is 0 Å². The van der Waals surface area contributed by atoms with Gasteiger partial charge in [0.1, 0.15) is 11.8 Å². The average molecular weight is 239 g/mol. The number of hydrogen-bond acceptors (Lipinski definition) is 5. The van der Waals surface area contributed by atoms with Crippen molar-refractivity contribution in [2.75, 3.05) is 6.35 Å². The van der Waals surface area contributed by atoms with Gasteiger partial charge in [0.05, 0.1) is 14.0 Å². The predicted molar refractivity (Wildman–Crippen MR) is 53.0 cm³/mol. The maximum Gasteiger partial charge on any atom is 0.431 e. The van der Waals surface area contributed by atoms with Gasteiger partial charge in [-0.1, -0.05) is 0 Å². The fourth-order valence-corrected chi connectivity index (χ4v) is 1.94. The van der Waals surface area contributed by atoms with Crippen molar-refractivity contribution in [3.05, 3.63) is 0 Å². The van der Waals surface area contributed by atoms with Crippen LogP contribution in [0.25, 0.3) is 0 Å². The lowest BCUT2D eigenvalue weighted by Crippen LogP contribution is -2.38. The Morgan fingerprint density at radius 1 is 1.53 bits per heavy atom. The van der Waals surface area contributed by atoms with Gasteiger partial charge < -0.3 is 9.84 Å².